The van der Waals surface area contributed by atoms with Crippen LogP contribution < -0.4 is 5.32 Å². The third-order valence-electron chi connectivity index (χ3n) is 3.96. The highest BCUT2D eigenvalue weighted by Gasteiger charge is 2.09. The van der Waals surface area contributed by atoms with Gasteiger partial charge in [-0.05, 0) is 36.2 Å². The second-order valence-electron chi connectivity index (χ2n) is 6.03. The number of aliphatic hydroxyl groups excluding tert-OH is 1. The normalized spacial score (nSPS) is 12.7. The molecular formula is C19H20Cl2N2O. The minimum atomic E-state index is -0.352. The third-order valence-corrected chi connectivity index (χ3v) is 4.70. The van der Waals surface area contributed by atoms with Crippen LogP contribution in [0.5, 0.6) is 0 Å². The summed E-state index contributed by atoms with van der Waals surface area (Å²) in [6.07, 6.45) is 1.80. The summed E-state index contributed by atoms with van der Waals surface area (Å²) in [6.45, 7) is 3.81. The Bertz CT molecular complexity index is 842. The van der Waals surface area contributed by atoms with Crippen LogP contribution in [0.2, 0.25) is 10.0 Å². The van der Waals surface area contributed by atoms with Crippen molar-refractivity contribution in [2.45, 2.75) is 26.1 Å². The van der Waals surface area contributed by atoms with Crippen LogP contribution in [0.25, 0.3) is 10.9 Å². The van der Waals surface area contributed by atoms with Gasteiger partial charge in [0.2, 0.25) is 0 Å². The molecule has 0 aliphatic carbocycles. The van der Waals surface area contributed by atoms with E-state index in [1.807, 2.05) is 30.3 Å². The van der Waals surface area contributed by atoms with Gasteiger partial charge in [0.1, 0.15) is 0 Å². The molecule has 24 heavy (non-hydrogen) atoms. The topological polar surface area (TPSA) is 37.2 Å². The molecule has 0 unspecified atom stereocenters. The Kier molecular flexibility index (Phi) is 5.47. The van der Waals surface area contributed by atoms with Crippen LogP contribution in [0, 0.1) is 0 Å². The summed E-state index contributed by atoms with van der Waals surface area (Å²) in [5, 5.41) is 15.0. The Morgan fingerprint density at radius 2 is 1.92 bits per heavy atom. The van der Waals surface area contributed by atoms with Gasteiger partial charge in [-0.2, -0.15) is 0 Å². The minimum Gasteiger partial charge on any atom is -0.392 e. The second-order valence-corrected chi connectivity index (χ2v) is 6.84. The molecule has 3 rings (SSSR count). The maximum atomic E-state index is 9.40. The minimum absolute atomic E-state index is 0.352. The number of rotatable bonds is 6. The van der Waals surface area contributed by atoms with Crippen molar-refractivity contribution in [1.82, 2.24) is 9.88 Å². The van der Waals surface area contributed by atoms with Gasteiger partial charge in [-0.1, -0.05) is 47.5 Å². The van der Waals surface area contributed by atoms with Crippen LogP contribution in [0.1, 0.15) is 18.1 Å². The monoisotopic (exact) mass is 362 g/mol. The standard InChI is InChI=1S/C19H20Cl2N2O/c1-13(24)9-22-10-15-12-23(19-5-3-2-4-16(15)19)11-14-6-7-17(20)18(21)8-14/h2-8,12-13,22,24H,9-11H2,1H3/t13-/m1/s1. The molecule has 2 N–H and O–H groups in total. The van der Waals surface area contributed by atoms with Gasteiger partial charge in [-0.15, -0.1) is 0 Å². The number of aromatic nitrogens is 1. The first-order valence-electron chi connectivity index (χ1n) is 7.94. The Hall–Kier alpha value is -1.52. The van der Waals surface area contributed by atoms with E-state index in [0.29, 0.717) is 16.6 Å². The molecule has 3 aromatic rings. The molecule has 126 valence electrons. The van der Waals surface area contributed by atoms with Crippen molar-refractivity contribution >= 4 is 34.1 Å². The van der Waals surface area contributed by atoms with E-state index in [-0.39, 0.29) is 6.10 Å². The van der Waals surface area contributed by atoms with E-state index in [2.05, 4.69) is 28.2 Å². The van der Waals surface area contributed by atoms with Crippen molar-refractivity contribution in [1.29, 1.82) is 0 Å². The van der Waals surface area contributed by atoms with Crippen LogP contribution in [-0.4, -0.2) is 22.3 Å². The highest BCUT2D eigenvalue weighted by Crippen LogP contribution is 2.26. The van der Waals surface area contributed by atoms with E-state index in [0.717, 1.165) is 18.7 Å². The van der Waals surface area contributed by atoms with Gasteiger partial charge >= 0.3 is 0 Å². The van der Waals surface area contributed by atoms with Crippen molar-refractivity contribution in [2.75, 3.05) is 6.54 Å². The van der Waals surface area contributed by atoms with Gasteiger partial charge in [0.25, 0.3) is 0 Å². The smallest absolute Gasteiger partial charge is 0.0636 e. The zero-order valence-corrected chi connectivity index (χ0v) is 15.0. The number of fused-ring (bicyclic) bond motifs is 1. The first kappa shape index (κ1) is 17.3. The molecule has 0 fully saturated rings. The summed E-state index contributed by atoms with van der Waals surface area (Å²) in [5.41, 5.74) is 3.50. The summed E-state index contributed by atoms with van der Waals surface area (Å²) in [5.74, 6) is 0. The van der Waals surface area contributed by atoms with E-state index in [1.165, 1.54) is 16.5 Å². The molecule has 3 nitrogen and oxygen atoms in total. The SMILES string of the molecule is C[C@@H](O)CNCc1cn(Cc2ccc(Cl)c(Cl)c2)c2ccccc12. The summed E-state index contributed by atoms with van der Waals surface area (Å²) in [4.78, 5) is 0. The number of aliphatic hydroxyl groups is 1. The van der Waals surface area contributed by atoms with Crippen LogP contribution >= 0.6 is 23.2 Å². The van der Waals surface area contributed by atoms with Crippen molar-refractivity contribution in [2.24, 2.45) is 0 Å². The fourth-order valence-electron chi connectivity index (χ4n) is 2.84. The number of hydrogen-bond acceptors (Lipinski definition) is 2. The first-order chi connectivity index (χ1) is 11.5. The summed E-state index contributed by atoms with van der Waals surface area (Å²) < 4.78 is 2.22. The lowest BCUT2D eigenvalue weighted by Gasteiger charge is -2.07. The fraction of sp³-hybridized carbons (Fsp3) is 0.263. The predicted octanol–water partition coefficient (Wildman–Crippen LogP) is 4.47. The van der Waals surface area contributed by atoms with E-state index >= 15 is 0 Å². The molecule has 0 radical (unpaired) electrons. The van der Waals surface area contributed by atoms with E-state index < -0.39 is 0 Å². The van der Waals surface area contributed by atoms with E-state index in [4.69, 9.17) is 23.2 Å². The molecule has 0 aliphatic rings. The molecule has 0 bridgehead atoms. The molecule has 1 heterocycles. The first-order valence-corrected chi connectivity index (χ1v) is 8.69. The molecule has 2 aromatic carbocycles. The molecular weight excluding hydrogens is 343 g/mol. The number of benzene rings is 2. The van der Waals surface area contributed by atoms with Crippen LogP contribution in [-0.2, 0) is 13.1 Å². The predicted molar refractivity (Wildman–Crippen MR) is 101 cm³/mol. The summed E-state index contributed by atoms with van der Waals surface area (Å²) >= 11 is 12.1. The highest BCUT2D eigenvalue weighted by molar-refractivity contribution is 6.42. The Morgan fingerprint density at radius 3 is 2.67 bits per heavy atom. The highest BCUT2D eigenvalue weighted by atomic mass is 35.5. The molecule has 0 saturated carbocycles. The van der Waals surface area contributed by atoms with Crippen molar-refractivity contribution in [3.8, 4) is 0 Å². The Balaban J connectivity index is 1.88. The fourth-order valence-corrected chi connectivity index (χ4v) is 3.17. The summed E-state index contributed by atoms with van der Waals surface area (Å²) in [6, 6.07) is 14.1. The second kappa shape index (κ2) is 7.58. The van der Waals surface area contributed by atoms with Crippen LogP contribution in [0.15, 0.2) is 48.7 Å². The number of halogens is 2. The zero-order chi connectivity index (χ0) is 17.1. The van der Waals surface area contributed by atoms with E-state index in [9.17, 15) is 5.11 Å². The lowest BCUT2D eigenvalue weighted by Crippen LogP contribution is -2.23. The van der Waals surface area contributed by atoms with Crippen LogP contribution in [0.4, 0.5) is 0 Å². The Morgan fingerprint density at radius 1 is 1.12 bits per heavy atom. The molecule has 0 saturated heterocycles. The quantitative estimate of drug-likeness (QED) is 0.678. The molecule has 0 spiro atoms. The molecule has 0 aliphatic heterocycles. The maximum Gasteiger partial charge on any atom is 0.0636 e. The average molecular weight is 363 g/mol. The lowest BCUT2D eigenvalue weighted by atomic mass is 10.2. The van der Waals surface area contributed by atoms with Crippen LogP contribution in [0.3, 0.4) is 0 Å². The van der Waals surface area contributed by atoms with Gasteiger partial charge in [0.05, 0.1) is 16.1 Å². The Labute approximate surface area is 151 Å². The van der Waals surface area contributed by atoms with Crippen molar-refractivity contribution in [3.05, 3.63) is 69.8 Å². The largest absolute Gasteiger partial charge is 0.392 e. The van der Waals surface area contributed by atoms with E-state index in [1.54, 1.807) is 6.92 Å². The molecule has 0 amide bonds. The average Bonchev–Trinajstić information content (AvgIpc) is 2.89. The van der Waals surface area contributed by atoms with Gasteiger partial charge in [0, 0.05) is 36.7 Å². The lowest BCUT2D eigenvalue weighted by molar-refractivity contribution is 0.191. The van der Waals surface area contributed by atoms with Gasteiger partial charge < -0.3 is 15.0 Å². The van der Waals surface area contributed by atoms with Gasteiger partial charge in [0.15, 0.2) is 0 Å². The number of nitrogens with zero attached hydrogens (tertiary/aromatic N) is 1. The zero-order valence-electron chi connectivity index (χ0n) is 13.5. The number of para-hydroxylation sites is 1. The molecule has 1 atom stereocenters. The number of nitrogens with one attached hydrogen (secondary N) is 1. The summed E-state index contributed by atoms with van der Waals surface area (Å²) in [7, 11) is 0. The maximum absolute atomic E-state index is 9.40. The molecule has 5 heteroatoms. The van der Waals surface area contributed by atoms with Gasteiger partial charge in [-0.3, -0.25) is 0 Å². The van der Waals surface area contributed by atoms with Gasteiger partial charge in [-0.25, -0.2) is 0 Å². The molecule has 1 aromatic heterocycles. The van der Waals surface area contributed by atoms with Crippen molar-refractivity contribution < 1.29 is 5.11 Å². The third kappa shape index (κ3) is 3.93. The number of hydrogen-bond donors (Lipinski definition) is 2. The van der Waals surface area contributed by atoms with Crippen molar-refractivity contribution in [3.63, 3.8) is 0 Å².